The first-order valence-electron chi connectivity index (χ1n) is 9.94. The second-order valence-electron chi connectivity index (χ2n) is 6.68. The number of benzene rings is 2. The summed E-state index contributed by atoms with van der Waals surface area (Å²) in [6.45, 7) is 1.88. The molecule has 0 radical (unpaired) electrons. The first kappa shape index (κ1) is 23.4. The summed E-state index contributed by atoms with van der Waals surface area (Å²) in [7, 11) is 1.28. The Balaban J connectivity index is 1.90. The number of nitrogens with one attached hydrogen (secondary N) is 1. The Morgan fingerprint density at radius 2 is 1.76 bits per heavy atom. The molecule has 0 bridgehead atoms. The molecule has 1 N–H and O–H groups in total. The fourth-order valence-electron chi connectivity index (χ4n) is 3.00. The van der Waals surface area contributed by atoms with Crippen molar-refractivity contribution >= 4 is 40.3 Å². The number of hydrogen-bond donors (Lipinski definition) is 1. The van der Waals surface area contributed by atoms with Gasteiger partial charge < -0.3 is 14.8 Å². The second-order valence-corrected chi connectivity index (χ2v) is 7.56. The number of carbonyl (C=O) groups excluding carboxylic acids is 3. The standard InChI is InChI=1S/C25H20N2O5S/c1-3-32-25(30)21-20(17-7-5-4-6-8-17)15-33-23(21)27-22(28)19(14-26)13-16-9-11-18(12-10-16)24(29)31-2/h4-13,15H,3H2,1-2H3,(H,27,28)/b19-13-. The van der Waals surface area contributed by atoms with Gasteiger partial charge in [0.05, 0.1) is 19.3 Å². The summed E-state index contributed by atoms with van der Waals surface area (Å²) in [6.07, 6.45) is 1.39. The Hall–Kier alpha value is -4.22. The molecule has 0 saturated heterocycles. The largest absolute Gasteiger partial charge is 0.465 e. The van der Waals surface area contributed by atoms with Crippen molar-refractivity contribution in [3.05, 3.63) is 82.2 Å². The van der Waals surface area contributed by atoms with Crippen LogP contribution < -0.4 is 5.32 Å². The van der Waals surface area contributed by atoms with Crippen LogP contribution in [0.2, 0.25) is 0 Å². The minimum absolute atomic E-state index is 0.162. The SMILES string of the molecule is CCOC(=O)c1c(-c2ccccc2)csc1NC(=O)/C(C#N)=C\c1ccc(C(=O)OC)cc1. The van der Waals surface area contributed by atoms with Crippen molar-refractivity contribution in [3.8, 4) is 17.2 Å². The van der Waals surface area contributed by atoms with E-state index in [0.29, 0.717) is 21.7 Å². The summed E-state index contributed by atoms with van der Waals surface area (Å²) in [5, 5.41) is 14.2. The number of amides is 1. The molecule has 3 rings (SSSR count). The molecule has 0 aliphatic rings. The molecular weight excluding hydrogens is 440 g/mol. The first-order valence-corrected chi connectivity index (χ1v) is 10.8. The third-order valence-electron chi connectivity index (χ3n) is 4.59. The number of hydrogen-bond acceptors (Lipinski definition) is 7. The van der Waals surface area contributed by atoms with Gasteiger partial charge in [-0.05, 0) is 36.3 Å². The number of esters is 2. The Kier molecular flexibility index (Phi) is 7.73. The maximum absolute atomic E-state index is 12.8. The molecule has 2 aromatic carbocycles. The lowest BCUT2D eigenvalue weighted by molar-refractivity contribution is -0.112. The lowest BCUT2D eigenvalue weighted by Crippen LogP contribution is -2.16. The zero-order chi connectivity index (χ0) is 23.8. The average Bonchev–Trinajstić information content (AvgIpc) is 3.26. The highest BCUT2D eigenvalue weighted by atomic mass is 32.1. The first-order chi connectivity index (χ1) is 16.0. The summed E-state index contributed by atoms with van der Waals surface area (Å²) in [5.74, 6) is -1.71. The highest BCUT2D eigenvalue weighted by molar-refractivity contribution is 7.15. The van der Waals surface area contributed by atoms with Crippen LogP contribution in [0.1, 0.15) is 33.2 Å². The maximum atomic E-state index is 12.8. The van der Waals surface area contributed by atoms with E-state index in [1.54, 1.807) is 24.4 Å². The van der Waals surface area contributed by atoms with E-state index in [1.165, 1.54) is 36.7 Å². The fraction of sp³-hybridized carbons (Fsp3) is 0.120. The quantitative estimate of drug-likeness (QED) is 0.305. The summed E-state index contributed by atoms with van der Waals surface area (Å²) in [4.78, 5) is 37.0. The van der Waals surface area contributed by atoms with Crippen molar-refractivity contribution in [2.24, 2.45) is 0 Å². The molecule has 166 valence electrons. The van der Waals surface area contributed by atoms with Gasteiger partial charge in [0.15, 0.2) is 0 Å². The summed E-state index contributed by atoms with van der Waals surface area (Å²) < 4.78 is 9.85. The highest BCUT2D eigenvalue weighted by Gasteiger charge is 2.23. The average molecular weight is 461 g/mol. The van der Waals surface area contributed by atoms with E-state index in [0.717, 1.165) is 5.56 Å². The van der Waals surface area contributed by atoms with Crippen molar-refractivity contribution in [1.82, 2.24) is 0 Å². The van der Waals surface area contributed by atoms with Gasteiger partial charge in [0.2, 0.25) is 0 Å². The molecule has 7 nitrogen and oxygen atoms in total. The highest BCUT2D eigenvalue weighted by Crippen LogP contribution is 2.36. The third-order valence-corrected chi connectivity index (χ3v) is 5.49. The molecule has 0 saturated carbocycles. The molecule has 0 fully saturated rings. The van der Waals surface area contributed by atoms with Crippen LogP contribution in [0.5, 0.6) is 0 Å². The smallest absolute Gasteiger partial charge is 0.341 e. The Bertz CT molecular complexity index is 1240. The number of methoxy groups -OCH3 is 1. The fourth-order valence-corrected chi connectivity index (χ4v) is 3.96. The van der Waals surface area contributed by atoms with E-state index < -0.39 is 17.8 Å². The zero-order valence-corrected chi connectivity index (χ0v) is 18.8. The molecule has 0 atom stereocenters. The maximum Gasteiger partial charge on any atom is 0.341 e. The van der Waals surface area contributed by atoms with Gasteiger partial charge in [0.25, 0.3) is 5.91 Å². The Morgan fingerprint density at radius 1 is 1.06 bits per heavy atom. The van der Waals surface area contributed by atoms with Crippen LogP contribution in [-0.4, -0.2) is 31.6 Å². The van der Waals surface area contributed by atoms with E-state index in [2.05, 4.69) is 10.1 Å². The zero-order valence-electron chi connectivity index (χ0n) is 18.0. The van der Waals surface area contributed by atoms with E-state index >= 15 is 0 Å². The van der Waals surface area contributed by atoms with Gasteiger partial charge in [-0.2, -0.15) is 5.26 Å². The molecule has 0 spiro atoms. The molecule has 0 aliphatic carbocycles. The van der Waals surface area contributed by atoms with E-state index in [-0.39, 0.29) is 17.7 Å². The Labute approximate surface area is 194 Å². The van der Waals surface area contributed by atoms with Gasteiger partial charge in [-0.1, -0.05) is 42.5 Å². The molecule has 33 heavy (non-hydrogen) atoms. The molecule has 1 amide bonds. The van der Waals surface area contributed by atoms with Gasteiger partial charge in [-0.3, -0.25) is 4.79 Å². The van der Waals surface area contributed by atoms with Gasteiger partial charge in [-0.15, -0.1) is 11.3 Å². The predicted molar refractivity (Wildman–Crippen MR) is 126 cm³/mol. The normalized spacial score (nSPS) is 10.8. The number of ether oxygens (including phenoxy) is 2. The minimum atomic E-state index is -0.665. The van der Waals surface area contributed by atoms with E-state index in [4.69, 9.17) is 4.74 Å². The summed E-state index contributed by atoms with van der Waals surface area (Å²) >= 11 is 1.17. The van der Waals surface area contributed by atoms with Crippen LogP contribution in [0.15, 0.2) is 65.6 Å². The van der Waals surface area contributed by atoms with Crippen molar-refractivity contribution in [3.63, 3.8) is 0 Å². The molecule has 1 aromatic heterocycles. The summed E-state index contributed by atoms with van der Waals surface area (Å²) in [6, 6.07) is 17.4. The van der Waals surface area contributed by atoms with Crippen molar-refractivity contribution in [1.29, 1.82) is 5.26 Å². The number of anilines is 1. The van der Waals surface area contributed by atoms with E-state index in [9.17, 15) is 19.6 Å². The van der Waals surface area contributed by atoms with Crippen molar-refractivity contribution < 1.29 is 23.9 Å². The lowest BCUT2D eigenvalue weighted by Gasteiger charge is -2.08. The monoisotopic (exact) mass is 460 g/mol. The van der Waals surface area contributed by atoms with Gasteiger partial charge in [-0.25, -0.2) is 9.59 Å². The molecule has 3 aromatic rings. The van der Waals surface area contributed by atoms with Crippen LogP contribution >= 0.6 is 11.3 Å². The summed E-state index contributed by atoms with van der Waals surface area (Å²) in [5.41, 5.74) is 2.42. The lowest BCUT2D eigenvalue weighted by atomic mass is 10.0. The van der Waals surface area contributed by atoms with Crippen LogP contribution in [0, 0.1) is 11.3 Å². The minimum Gasteiger partial charge on any atom is -0.465 e. The molecule has 0 unspecified atom stereocenters. The van der Waals surface area contributed by atoms with Crippen molar-refractivity contribution in [2.45, 2.75) is 6.92 Å². The van der Waals surface area contributed by atoms with Gasteiger partial charge in [0, 0.05) is 10.9 Å². The number of rotatable bonds is 7. The van der Waals surface area contributed by atoms with Crippen LogP contribution in [0.4, 0.5) is 5.00 Å². The van der Waals surface area contributed by atoms with E-state index in [1.807, 2.05) is 36.4 Å². The molecule has 0 aliphatic heterocycles. The van der Waals surface area contributed by atoms with Crippen LogP contribution in [-0.2, 0) is 14.3 Å². The van der Waals surface area contributed by atoms with Gasteiger partial charge in [0.1, 0.15) is 22.2 Å². The van der Waals surface area contributed by atoms with Gasteiger partial charge >= 0.3 is 11.9 Å². The Morgan fingerprint density at radius 3 is 2.36 bits per heavy atom. The second kappa shape index (κ2) is 10.9. The number of nitrogens with zero attached hydrogens (tertiary/aromatic N) is 1. The topological polar surface area (TPSA) is 105 Å². The number of thiophene rings is 1. The molecular formula is C25H20N2O5S. The molecule has 1 heterocycles. The van der Waals surface area contributed by atoms with Crippen LogP contribution in [0.25, 0.3) is 17.2 Å². The van der Waals surface area contributed by atoms with Crippen LogP contribution in [0.3, 0.4) is 0 Å². The molecule has 8 heteroatoms. The number of carbonyl (C=O) groups is 3. The third kappa shape index (κ3) is 5.53. The number of nitriles is 1. The van der Waals surface area contributed by atoms with Crippen molar-refractivity contribution in [2.75, 3.05) is 19.0 Å². The predicted octanol–water partition coefficient (Wildman–Crippen LogP) is 4.92.